The van der Waals surface area contributed by atoms with Crippen LogP contribution in [0, 0.1) is 0 Å². The van der Waals surface area contributed by atoms with Crippen molar-refractivity contribution in [2.45, 2.75) is 78.7 Å². The highest BCUT2D eigenvalue weighted by Gasteiger charge is 2.31. The van der Waals surface area contributed by atoms with Crippen molar-refractivity contribution in [1.29, 1.82) is 0 Å². The molecule has 196 valence electrons. The number of carbonyl (C=O) groups is 1. The van der Waals surface area contributed by atoms with E-state index in [9.17, 15) is 23.1 Å². The van der Waals surface area contributed by atoms with Crippen LogP contribution in [0.5, 0.6) is 5.75 Å². The number of carbonyl (C=O) groups excluding carboxylic acids is 1. The molecule has 3 rings (SSSR count). The van der Waals surface area contributed by atoms with Gasteiger partial charge in [0.2, 0.25) is 0 Å². The Labute approximate surface area is 211 Å². The number of ether oxygens (including phenoxy) is 1. The highest BCUT2D eigenvalue weighted by molar-refractivity contribution is 5.96. The lowest BCUT2D eigenvalue weighted by molar-refractivity contribution is -0.274. The largest absolute Gasteiger partial charge is 0.573 e. The van der Waals surface area contributed by atoms with Gasteiger partial charge in [-0.2, -0.15) is 0 Å². The molecule has 5 nitrogen and oxygen atoms in total. The number of ketones is 1. The number of hydrogen-bond acceptors (Lipinski definition) is 5. The van der Waals surface area contributed by atoms with Gasteiger partial charge in [-0.25, -0.2) is 4.98 Å². The number of nitrogens with zero attached hydrogens (tertiary/aromatic N) is 1. The Morgan fingerprint density at radius 2 is 1.83 bits per heavy atom. The molecule has 0 aliphatic heterocycles. The molecule has 0 fully saturated rings. The molecule has 0 saturated carbocycles. The molecule has 8 heteroatoms. The van der Waals surface area contributed by atoms with E-state index in [2.05, 4.69) is 28.0 Å². The number of alkyl halides is 3. The SMILES string of the molecule is CCC/C=C(/CC)c1c(CO)ccnc1Nc1ccc(OC(F)(F)F)cc1.CCCC(=O)C1=CCC1. The predicted octanol–water partition coefficient (Wildman–Crippen LogP) is 7.89. The van der Waals surface area contributed by atoms with E-state index in [1.54, 1.807) is 12.3 Å². The molecular formula is C28H35F3N2O3. The van der Waals surface area contributed by atoms with E-state index in [4.69, 9.17) is 0 Å². The lowest BCUT2D eigenvalue weighted by Gasteiger charge is -2.17. The van der Waals surface area contributed by atoms with Gasteiger partial charge in [0, 0.05) is 23.9 Å². The number of Topliss-reactive ketones (excluding diaryl/α,β-unsaturated/α-hetero) is 1. The fourth-order valence-corrected chi connectivity index (χ4v) is 3.63. The lowest BCUT2D eigenvalue weighted by Crippen LogP contribution is -2.17. The van der Waals surface area contributed by atoms with Crippen LogP contribution in [0.15, 0.2) is 54.3 Å². The number of nitrogens with one attached hydrogen (secondary N) is 1. The first-order chi connectivity index (χ1) is 17.2. The maximum absolute atomic E-state index is 12.3. The second-order valence-electron chi connectivity index (χ2n) is 8.36. The van der Waals surface area contributed by atoms with E-state index in [0.29, 0.717) is 17.3 Å². The number of pyridine rings is 1. The number of unbranched alkanes of at least 4 members (excludes halogenated alkanes) is 1. The topological polar surface area (TPSA) is 71.5 Å². The maximum Gasteiger partial charge on any atom is 0.573 e. The van der Waals surface area contributed by atoms with Crippen LogP contribution in [0.4, 0.5) is 24.7 Å². The molecule has 0 spiro atoms. The van der Waals surface area contributed by atoms with E-state index < -0.39 is 6.36 Å². The Balaban J connectivity index is 0.000000425. The number of benzene rings is 1. The fraction of sp³-hybridized carbons (Fsp3) is 0.429. The van der Waals surface area contributed by atoms with Crippen molar-refractivity contribution in [2.75, 3.05) is 5.32 Å². The molecule has 1 aromatic carbocycles. The quantitative estimate of drug-likeness (QED) is 0.326. The minimum Gasteiger partial charge on any atom is -0.406 e. The fourth-order valence-electron chi connectivity index (χ4n) is 3.63. The number of aliphatic hydroxyl groups excluding tert-OH is 1. The van der Waals surface area contributed by atoms with E-state index >= 15 is 0 Å². The first kappa shape index (κ1) is 29.1. The van der Waals surface area contributed by atoms with Gasteiger partial charge in [-0.15, -0.1) is 13.2 Å². The van der Waals surface area contributed by atoms with Crippen LogP contribution in [0.1, 0.15) is 76.8 Å². The van der Waals surface area contributed by atoms with Crippen molar-refractivity contribution in [2.24, 2.45) is 0 Å². The molecule has 0 saturated heterocycles. The Hall–Kier alpha value is -3.13. The summed E-state index contributed by atoms with van der Waals surface area (Å²) in [6.45, 7) is 6.03. The molecular weight excluding hydrogens is 469 g/mol. The summed E-state index contributed by atoms with van der Waals surface area (Å²) in [7, 11) is 0. The summed E-state index contributed by atoms with van der Waals surface area (Å²) in [6, 6.07) is 7.20. The highest BCUT2D eigenvalue weighted by atomic mass is 19.4. The summed E-state index contributed by atoms with van der Waals surface area (Å²) in [4.78, 5) is 15.3. The second kappa shape index (κ2) is 14.4. The Bertz CT molecular complexity index is 1040. The monoisotopic (exact) mass is 504 g/mol. The Morgan fingerprint density at radius 3 is 2.33 bits per heavy atom. The minimum absolute atomic E-state index is 0.131. The zero-order chi connectivity index (χ0) is 26.6. The summed E-state index contributed by atoms with van der Waals surface area (Å²) in [6.07, 6.45) is 7.58. The summed E-state index contributed by atoms with van der Waals surface area (Å²) >= 11 is 0. The van der Waals surface area contributed by atoms with E-state index in [0.717, 1.165) is 67.2 Å². The van der Waals surface area contributed by atoms with Crippen LogP contribution >= 0.6 is 0 Å². The molecule has 0 amide bonds. The van der Waals surface area contributed by atoms with Crippen LogP contribution in [0.25, 0.3) is 5.57 Å². The van der Waals surface area contributed by atoms with Crippen molar-refractivity contribution >= 4 is 22.9 Å². The zero-order valence-corrected chi connectivity index (χ0v) is 21.1. The molecule has 1 heterocycles. The van der Waals surface area contributed by atoms with Crippen molar-refractivity contribution in [1.82, 2.24) is 4.98 Å². The first-order valence-electron chi connectivity index (χ1n) is 12.4. The molecule has 0 bridgehead atoms. The number of rotatable bonds is 11. The number of allylic oxidation sites excluding steroid dienone is 4. The smallest absolute Gasteiger partial charge is 0.406 e. The zero-order valence-electron chi connectivity index (χ0n) is 21.1. The molecule has 0 unspecified atom stereocenters. The normalized spacial score (nSPS) is 13.2. The van der Waals surface area contributed by atoms with Gasteiger partial charge in [-0.1, -0.05) is 39.3 Å². The van der Waals surface area contributed by atoms with Crippen molar-refractivity contribution < 1.29 is 27.8 Å². The number of halogens is 3. The second-order valence-corrected chi connectivity index (χ2v) is 8.36. The third-order valence-electron chi connectivity index (χ3n) is 5.58. The average molecular weight is 505 g/mol. The van der Waals surface area contributed by atoms with Gasteiger partial charge < -0.3 is 15.2 Å². The van der Waals surface area contributed by atoms with Gasteiger partial charge in [0.15, 0.2) is 5.78 Å². The van der Waals surface area contributed by atoms with Crippen molar-refractivity contribution in [3.8, 4) is 5.75 Å². The summed E-state index contributed by atoms with van der Waals surface area (Å²) in [5.74, 6) is 0.626. The lowest BCUT2D eigenvalue weighted by atomic mass is 9.93. The number of anilines is 2. The van der Waals surface area contributed by atoms with Crippen LogP contribution in [0.2, 0.25) is 0 Å². The van der Waals surface area contributed by atoms with Gasteiger partial charge in [-0.05, 0) is 79.1 Å². The number of hydrogen-bond donors (Lipinski definition) is 2. The number of aliphatic hydroxyl groups is 1. The highest BCUT2D eigenvalue weighted by Crippen LogP contribution is 2.32. The van der Waals surface area contributed by atoms with Crippen LogP contribution < -0.4 is 10.1 Å². The van der Waals surface area contributed by atoms with E-state index in [1.807, 2.05) is 19.9 Å². The summed E-state index contributed by atoms with van der Waals surface area (Å²) in [5, 5.41) is 12.8. The Morgan fingerprint density at radius 1 is 1.14 bits per heavy atom. The summed E-state index contributed by atoms with van der Waals surface area (Å²) < 4.78 is 40.7. The third-order valence-corrected chi connectivity index (χ3v) is 5.58. The molecule has 1 aliphatic rings. The molecule has 0 radical (unpaired) electrons. The van der Waals surface area contributed by atoms with Gasteiger partial charge in [-0.3, -0.25) is 4.79 Å². The molecule has 1 aromatic heterocycles. The average Bonchev–Trinajstić information content (AvgIpc) is 2.80. The minimum atomic E-state index is -4.72. The van der Waals surface area contributed by atoms with Gasteiger partial charge in [0.1, 0.15) is 11.6 Å². The molecule has 0 atom stereocenters. The van der Waals surface area contributed by atoms with Crippen LogP contribution in [-0.4, -0.2) is 22.2 Å². The van der Waals surface area contributed by atoms with E-state index in [-0.39, 0.29) is 12.4 Å². The third kappa shape index (κ3) is 9.15. The maximum atomic E-state index is 12.3. The predicted molar refractivity (Wildman–Crippen MR) is 137 cm³/mol. The first-order valence-corrected chi connectivity index (χ1v) is 12.4. The van der Waals surface area contributed by atoms with E-state index in [1.165, 1.54) is 24.3 Å². The van der Waals surface area contributed by atoms with Crippen LogP contribution in [0.3, 0.4) is 0 Å². The Kier molecular flexibility index (Phi) is 11.7. The molecule has 1 aliphatic carbocycles. The van der Waals surface area contributed by atoms with Gasteiger partial charge in [0.25, 0.3) is 0 Å². The standard InChI is InChI=1S/C20H23F3N2O2.C8H12O/c1-3-5-6-14(4-2)18-15(13-26)11-12-24-19(18)25-16-7-9-17(10-8-16)27-20(21,22)23;1-2-4-8(9)7-5-3-6-7/h6-12,26H,3-5,13H2,1-2H3,(H,24,25);5H,2-4,6H2,1H3/b14-6-;. The van der Waals surface area contributed by atoms with Gasteiger partial charge in [0.05, 0.1) is 6.61 Å². The molecule has 36 heavy (non-hydrogen) atoms. The number of aromatic nitrogens is 1. The summed E-state index contributed by atoms with van der Waals surface area (Å²) in [5.41, 5.74) is 4.27. The van der Waals surface area contributed by atoms with Crippen LogP contribution in [-0.2, 0) is 11.4 Å². The van der Waals surface area contributed by atoms with Crippen molar-refractivity contribution in [3.63, 3.8) is 0 Å². The molecule has 2 aromatic rings. The molecule has 2 N–H and O–H groups in total. The van der Waals surface area contributed by atoms with Gasteiger partial charge >= 0.3 is 6.36 Å². The van der Waals surface area contributed by atoms with Crippen molar-refractivity contribution in [3.05, 3.63) is 65.4 Å².